The minimum Gasteiger partial charge on any atom is -0.368 e. The summed E-state index contributed by atoms with van der Waals surface area (Å²) in [4.78, 5) is 17.2. The minimum absolute atomic E-state index is 0.0666. The fraction of sp³-hybridized carbons (Fsp3) is 0.441. The van der Waals surface area contributed by atoms with E-state index in [1.807, 2.05) is 31.2 Å². The lowest BCUT2D eigenvalue weighted by Crippen LogP contribution is -2.63. The van der Waals surface area contributed by atoms with Gasteiger partial charge < -0.3 is 10.6 Å². The average Bonchev–Trinajstić information content (AvgIpc) is 3.01. The normalized spacial score (nSPS) is 17.6. The number of likely N-dealkylation sites (tertiary alicyclic amines) is 2. The lowest BCUT2D eigenvalue weighted by atomic mass is 9.83. The molecule has 0 saturated carbocycles. The highest BCUT2D eigenvalue weighted by molar-refractivity contribution is 7.85. The van der Waals surface area contributed by atoms with E-state index in [0.29, 0.717) is 0 Å². The number of primary amides is 1. The van der Waals surface area contributed by atoms with Gasteiger partial charge >= 0.3 is 0 Å². The summed E-state index contributed by atoms with van der Waals surface area (Å²) in [5.41, 5.74) is 8.47. The van der Waals surface area contributed by atoms with Crippen LogP contribution in [0.2, 0.25) is 0 Å². The van der Waals surface area contributed by atoms with Crippen molar-refractivity contribution < 1.29 is 26.5 Å². The summed E-state index contributed by atoms with van der Waals surface area (Å²) in [5.74, 6) is -0.584. The van der Waals surface area contributed by atoms with Gasteiger partial charge in [0.15, 0.2) is 0 Å². The maximum absolute atomic E-state index is 13.5. The Bertz CT molecular complexity index is 1410. The number of hydrogen-bond donors (Lipinski definition) is 2. The van der Waals surface area contributed by atoms with Crippen molar-refractivity contribution in [3.63, 3.8) is 0 Å². The average molecular weight is 628 g/mol. The Kier molecular flexibility index (Phi) is 11.6. The molecule has 0 aromatic heterocycles. The third-order valence-electron chi connectivity index (χ3n) is 8.93. The summed E-state index contributed by atoms with van der Waals surface area (Å²) in [7, 11) is -4.02. The van der Waals surface area contributed by atoms with Gasteiger partial charge in [-0.15, -0.1) is 0 Å². The molecule has 2 aliphatic rings. The maximum Gasteiger partial charge on any atom is 0.294 e. The zero-order valence-corrected chi connectivity index (χ0v) is 26.1. The van der Waals surface area contributed by atoms with Gasteiger partial charge in [0.05, 0.1) is 4.90 Å². The quantitative estimate of drug-likeness (QED) is 0.286. The highest BCUT2D eigenvalue weighted by Crippen LogP contribution is 2.33. The van der Waals surface area contributed by atoms with Crippen LogP contribution in [-0.4, -0.2) is 66.9 Å². The molecule has 2 saturated heterocycles. The molecule has 1 amide bonds. The van der Waals surface area contributed by atoms with Crippen molar-refractivity contribution in [2.45, 2.75) is 68.2 Å². The van der Waals surface area contributed by atoms with Crippen LogP contribution in [-0.2, 0) is 14.9 Å². The summed E-state index contributed by atoms with van der Waals surface area (Å²) in [6.07, 6.45) is 6.97. The summed E-state index contributed by atoms with van der Waals surface area (Å²) in [6.45, 7) is 6.47. The Morgan fingerprint density at radius 3 is 1.80 bits per heavy atom. The molecule has 0 atom stereocenters. The first-order chi connectivity index (χ1) is 21.0. The molecule has 0 spiro atoms. The molecule has 7 nitrogen and oxygen atoms in total. The second kappa shape index (κ2) is 15.2. The number of nitrogens with zero attached hydrogens (tertiary/aromatic N) is 2. The summed E-state index contributed by atoms with van der Waals surface area (Å²) < 4.78 is 56.5. The molecule has 3 aromatic rings. The Balaban J connectivity index is 0.000000339. The van der Waals surface area contributed by atoms with Gasteiger partial charge in [-0.1, -0.05) is 48.4 Å². The lowest BCUT2D eigenvalue weighted by Gasteiger charge is -2.48. The monoisotopic (exact) mass is 627 g/mol. The van der Waals surface area contributed by atoms with E-state index in [4.69, 9.17) is 10.3 Å². The first-order valence-electron chi connectivity index (χ1n) is 15.3. The van der Waals surface area contributed by atoms with E-state index in [1.165, 1.54) is 42.8 Å². The van der Waals surface area contributed by atoms with Gasteiger partial charge in [0, 0.05) is 19.0 Å². The van der Waals surface area contributed by atoms with Gasteiger partial charge in [-0.25, -0.2) is 8.78 Å². The molecule has 2 aliphatic heterocycles. The van der Waals surface area contributed by atoms with E-state index in [9.17, 15) is 22.0 Å². The van der Waals surface area contributed by atoms with E-state index < -0.39 is 15.7 Å². The molecule has 0 unspecified atom stereocenters. The number of amides is 1. The Morgan fingerprint density at radius 1 is 0.841 bits per heavy atom. The summed E-state index contributed by atoms with van der Waals surface area (Å²) in [6, 6.07) is 19.2. The van der Waals surface area contributed by atoms with Crippen molar-refractivity contribution in [1.29, 1.82) is 0 Å². The molecule has 0 radical (unpaired) electrons. The smallest absolute Gasteiger partial charge is 0.294 e. The van der Waals surface area contributed by atoms with Gasteiger partial charge in [-0.05, 0) is 113 Å². The lowest BCUT2D eigenvalue weighted by molar-refractivity contribution is -0.135. The number of nitrogens with two attached hydrogens (primary N) is 1. The predicted molar refractivity (Wildman–Crippen MR) is 168 cm³/mol. The van der Waals surface area contributed by atoms with E-state index in [0.717, 1.165) is 87.9 Å². The van der Waals surface area contributed by atoms with Crippen LogP contribution in [0.15, 0.2) is 77.7 Å². The first-order valence-corrected chi connectivity index (χ1v) is 16.7. The molecule has 0 aliphatic carbocycles. The van der Waals surface area contributed by atoms with Crippen LogP contribution in [0.3, 0.4) is 0 Å². The molecule has 0 bridgehead atoms. The van der Waals surface area contributed by atoms with Crippen molar-refractivity contribution in [1.82, 2.24) is 9.80 Å². The number of aryl methyl sites for hydroxylation is 1. The van der Waals surface area contributed by atoms with Crippen LogP contribution >= 0.6 is 0 Å². The molecule has 3 aromatic carbocycles. The minimum atomic E-state index is -4.02. The Hall–Kier alpha value is -3.18. The van der Waals surface area contributed by atoms with Gasteiger partial charge in [0.2, 0.25) is 5.91 Å². The third kappa shape index (κ3) is 8.94. The number of benzene rings is 3. The van der Waals surface area contributed by atoms with Crippen LogP contribution in [0, 0.1) is 18.6 Å². The number of hydrogen-bond acceptors (Lipinski definition) is 5. The van der Waals surface area contributed by atoms with Gasteiger partial charge in [-0.2, -0.15) is 8.42 Å². The second-order valence-electron chi connectivity index (χ2n) is 11.9. The second-order valence-corrected chi connectivity index (χ2v) is 13.3. The molecular weight excluding hydrogens is 584 g/mol. The summed E-state index contributed by atoms with van der Waals surface area (Å²) in [5, 5.41) is 0. The molecule has 5 rings (SSSR count). The number of rotatable bonds is 9. The van der Waals surface area contributed by atoms with Crippen LogP contribution in [0.4, 0.5) is 8.78 Å². The van der Waals surface area contributed by atoms with E-state index in [-0.39, 0.29) is 28.4 Å². The highest BCUT2D eigenvalue weighted by Gasteiger charge is 2.44. The molecule has 2 fully saturated rings. The molecule has 3 N–H and O–H groups in total. The van der Waals surface area contributed by atoms with E-state index in [1.54, 1.807) is 12.1 Å². The van der Waals surface area contributed by atoms with Crippen molar-refractivity contribution >= 4 is 16.0 Å². The number of piperidine rings is 2. The molecule has 44 heavy (non-hydrogen) atoms. The van der Waals surface area contributed by atoms with Gasteiger partial charge in [0.1, 0.15) is 17.2 Å². The third-order valence-corrected chi connectivity index (χ3v) is 9.80. The predicted octanol–water partition coefficient (Wildman–Crippen LogP) is 5.92. The highest BCUT2D eigenvalue weighted by atomic mass is 32.2. The Morgan fingerprint density at radius 2 is 1.34 bits per heavy atom. The molecule has 238 valence electrons. The standard InChI is InChI=1S/C27H35F2N3O.C7H8O3S/c28-23-10-6-21(7-11-23)25(22-8-12-24(29)13-9-22)5-4-16-31-19-14-27(15-20-31,26(30)33)32-17-2-1-3-18-32;1-6-2-4-7(5-3-6)11(8,9)10/h6-13,25H,1-5,14-20H2,(H2,30,33);2-5H,1H3,(H,8,9,10). The fourth-order valence-electron chi connectivity index (χ4n) is 6.33. The molecular formula is C34H43F2N3O4S. The van der Waals surface area contributed by atoms with Crippen molar-refractivity contribution in [3.05, 3.63) is 101 Å². The SMILES string of the molecule is Cc1ccc(S(=O)(=O)O)cc1.NC(=O)C1(N2CCCCC2)CCN(CCCC(c2ccc(F)cc2)c2ccc(F)cc2)CC1. The summed E-state index contributed by atoms with van der Waals surface area (Å²) >= 11 is 0. The zero-order chi connectivity index (χ0) is 31.7. The van der Waals surface area contributed by atoms with E-state index in [2.05, 4.69) is 9.80 Å². The Labute approximate surface area is 259 Å². The maximum atomic E-state index is 13.5. The topological polar surface area (TPSA) is 104 Å². The molecule has 10 heteroatoms. The van der Waals surface area contributed by atoms with Crippen LogP contribution in [0.25, 0.3) is 0 Å². The number of carbonyl (C=O) groups is 1. The molecule has 2 heterocycles. The largest absolute Gasteiger partial charge is 0.368 e. The van der Waals surface area contributed by atoms with Crippen LogP contribution < -0.4 is 5.73 Å². The zero-order valence-electron chi connectivity index (χ0n) is 25.3. The van der Waals surface area contributed by atoms with Gasteiger partial charge in [-0.3, -0.25) is 14.2 Å². The van der Waals surface area contributed by atoms with Gasteiger partial charge in [0.25, 0.3) is 10.1 Å². The fourth-order valence-corrected chi connectivity index (χ4v) is 6.81. The van der Waals surface area contributed by atoms with Crippen LogP contribution in [0.1, 0.15) is 67.6 Å². The van der Waals surface area contributed by atoms with Crippen molar-refractivity contribution in [2.24, 2.45) is 5.73 Å². The van der Waals surface area contributed by atoms with E-state index >= 15 is 0 Å². The van der Waals surface area contributed by atoms with Crippen molar-refractivity contribution in [2.75, 3.05) is 32.7 Å². The van der Waals surface area contributed by atoms with Crippen molar-refractivity contribution in [3.8, 4) is 0 Å². The first kappa shape index (κ1) is 33.7. The number of carbonyl (C=O) groups excluding carboxylic acids is 1. The van der Waals surface area contributed by atoms with Crippen LogP contribution in [0.5, 0.6) is 0 Å². The number of halogens is 2.